The number of rotatable bonds is 2. The van der Waals surface area contributed by atoms with Crippen molar-refractivity contribution >= 4 is 11.5 Å². The minimum Gasteiger partial charge on any atom is -0.378 e. The van der Waals surface area contributed by atoms with Gasteiger partial charge in [0.2, 0.25) is 0 Å². The molecule has 1 saturated carbocycles. The predicted molar refractivity (Wildman–Crippen MR) is 151 cm³/mol. The largest absolute Gasteiger partial charge is 0.378 e. The summed E-state index contributed by atoms with van der Waals surface area (Å²) in [7, 11) is 4.14. The van der Waals surface area contributed by atoms with E-state index < -0.39 is 0 Å². The van der Waals surface area contributed by atoms with Crippen molar-refractivity contribution < 1.29 is 14.3 Å². The highest BCUT2D eigenvalue weighted by atomic mass is 16.7. The molecule has 3 aliphatic carbocycles. The van der Waals surface area contributed by atoms with Crippen LogP contribution in [0.3, 0.4) is 0 Å². The molecule has 196 valence electrons. The molecular formula is C34H37NO3. The number of hydrogen-bond acceptors (Lipinski definition) is 4. The molecule has 7 rings (SSSR count). The molecule has 2 aromatic carbocycles. The van der Waals surface area contributed by atoms with Gasteiger partial charge in [-0.2, -0.15) is 0 Å². The lowest BCUT2D eigenvalue weighted by Crippen LogP contribution is -2.34. The van der Waals surface area contributed by atoms with Crippen molar-refractivity contribution in [3.63, 3.8) is 0 Å². The van der Waals surface area contributed by atoms with E-state index in [-0.39, 0.29) is 23.1 Å². The van der Waals surface area contributed by atoms with Gasteiger partial charge in [0.1, 0.15) is 11.7 Å². The van der Waals surface area contributed by atoms with Crippen molar-refractivity contribution in [2.75, 3.05) is 25.6 Å². The Balaban J connectivity index is 0.000000285. The van der Waals surface area contributed by atoms with Crippen LogP contribution < -0.4 is 4.90 Å². The zero-order chi connectivity index (χ0) is 26.5. The van der Waals surface area contributed by atoms with Crippen molar-refractivity contribution in [3.05, 3.63) is 88.5 Å². The molecule has 1 spiro atoms. The van der Waals surface area contributed by atoms with Crippen LogP contribution in [0.25, 0.3) is 0 Å². The third-order valence-corrected chi connectivity index (χ3v) is 9.49. The maximum Gasteiger partial charge on any atom is 0.156 e. The topological polar surface area (TPSA) is 42.1 Å². The summed E-state index contributed by atoms with van der Waals surface area (Å²) >= 11 is 0. The van der Waals surface area contributed by atoms with Crippen LogP contribution in [0.2, 0.25) is 0 Å². The summed E-state index contributed by atoms with van der Waals surface area (Å²) in [5.41, 5.74) is 7.39. The van der Waals surface area contributed by atoms with E-state index in [1.54, 1.807) is 0 Å². The summed E-state index contributed by atoms with van der Waals surface area (Å²) in [5.74, 6) is 3.84. The van der Waals surface area contributed by atoms with Crippen LogP contribution in [0.1, 0.15) is 62.7 Å². The molecule has 0 aromatic heterocycles. The second-order valence-electron chi connectivity index (χ2n) is 11.8. The predicted octanol–water partition coefficient (Wildman–Crippen LogP) is 6.43. The Morgan fingerprint density at radius 3 is 2.42 bits per heavy atom. The lowest BCUT2D eigenvalue weighted by Gasteiger charge is -2.38. The first-order valence-corrected chi connectivity index (χ1v) is 13.9. The maximum absolute atomic E-state index is 12.1. The highest BCUT2D eigenvalue weighted by Crippen LogP contribution is 2.68. The van der Waals surface area contributed by atoms with Gasteiger partial charge in [-0.25, -0.2) is 0 Å². The van der Waals surface area contributed by atoms with Gasteiger partial charge in [0.25, 0.3) is 0 Å². The number of fused-ring (bicyclic) bond motifs is 3. The number of anilines is 1. The monoisotopic (exact) mass is 507 g/mol. The Morgan fingerprint density at radius 2 is 1.76 bits per heavy atom. The van der Waals surface area contributed by atoms with Gasteiger partial charge in [0.05, 0.1) is 12.2 Å². The lowest BCUT2D eigenvalue weighted by atomic mass is 9.66. The first kappa shape index (κ1) is 25.2. The fraction of sp³-hybridized carbons (Fsp3) is 0.441. The van der Waals surface area contributed by atoms with E-state index in [0.717, 1.165) is 31.2 Å². The highest BCUT2D eigenvalue weighted by Gasteiger charge is 2.76. The van der Waals surface area contributed by atoms with E-state index in [4.69, 9.17) is 15.9 Å². The van der Waals surface area contributed by atoms with Crippen LogP contribution in [-0.2, 0) is 14.3 Å². The summed E-state index contributed by atoms with van der Waals surface area (Å²) in [5, 5.41) is 0. The number of epoxide rings is 1. The Labute approximate surface area is 226 Å². The number of carbonyl (C=O) groups is 1. The van der Waals surface area contributed by atoms with Gasteiger partial charge < -0.3 is 14.4 Å². The van der Waals surface area contributed by atoms with Gasteiger partial charge in [-0.15, -0.1) is 6.42 Å². The SMILES string of the molecule is C#Cc1ccccc1.CN(C)c1ccc([C@H]2OC[C@]34O[C@@]3(C)CCC4C3CCC4=CC(=O)CCC4=C32)cc1. The third-order valence-electron chi connectivity index (χ3n) is 9.49. The number of ketones is 1. The van der Waals surface area contributed by atoms with Crippen LogP contribution in [0, 0.1) is 24.2 Å². The molecule has 4 heteroatoms. The summed E-state index contributed by atoms with van der Waals surface area (Å²) in [6.45, 7) is 2.96. The molecule has 5 aliphatic rings. The molecule has 0 N–H and O–H groups in total. The second kappa shape index (κ2) is 9.56. The van der Waals surface area contributed by atoms with Crippen LogP contribution in [0.4, 0.5) is 5.69 Å². The number of terminal acetylenes is 1. The Hall–Kier alpha value is -3.13. The number of carbonyl (C=O) groups excluding carboxylic acids is 1. The van der Waals surface area contributed by atoms with E-state index in [0.29, 0.717) is 24.9 Å². The summed E-state index contributed by atoms with van der Waals surface area (Å²) in [6, 6.07) is 18.4. The van der Waals surface area contributed by atoms with Gasteiger partial charge in [-0.3, -0.25) is 4.79 Å². The molecular weight excluding hydrogens is 470 g/mol. The Morgan fingerprint density at radius 1 is 1.00 bits per heavy atom. The van der Waals surface area contributed by atoms with Crippen molar-refractivity contribution in [3.8, 4) is 12.3 Å². The molecule has 5 atom stereocenters. The molecule has 2 aliphatic heterocycles. The Bertz CT molecular complexity index is 1330. The average Bonchev–Trinajstić information content (AvgIpc) is 3.49. The van der Waals surface area contributed by atoms with E-state index >= 15 is 0 Å². The maximum atomic E-state index is 12.1. The highest BCUT2D eigenvalue weighted by molar-refractivity contribution is 5.93. The normalized spacial score (nSPS) is 32.7. The standard InChI is InChI=1S/C26H31NO3.C8H6/c1-25-13-12-22-21-10-6-17-14-19(28)9-11-20(17)23(21)24(29-15-26(22,25)30-25)16-4-7-18(8-5-16)27(2)3;1-2-8-6-4-3-5-7-8/h4-5,7-8,14,21-22,24H,6,9-13,15H2,1-3H3;1,3-7H/t21?,22?,24-,25+,26-;/m1./s1. The van der Waals surface area contributed by atoms with Crippen LogP contribution in [0.15, 0.2) is 77.4 Å². The van der Waals surface area contributed by atoms with Crippen molar-refractivity contribution in [1.82, 2.24) is 0 Å². The van der Waals surface area contributed by atoms with Crippen LogP contribution >= 0.6 is 0 Å². The quantitative estimate of drug-likeness (QED) is 0.347. The summed E-state index contributed by atoms with van der Waals surface area (Å²) in [6.07, 6.45) is 13.0. The van der Waals surface area contributed by atoms with E-state index in [1.807, 2.05) is 36.4 Å². The molecule has 38 heavy (non-hydrogen) atoms. The van der Waals surface area contributed by atoms with E-state index in [2.05, 4.69) is 56.1 Å². The number of benzene rings is 2. The summed E-state index contributed by atoms with van der Waals surface area (Å²) in [4.78, 5) is 14.3. The third kappa shape index (κ3) is 4.13. The van der Waals surface area contributed by atoms with Crippen LogP contribution in [0.5, 0.6) is 0 Å². The number of ether oxygens (including phenoxy) is 2. The zero-order valence-corrected chi connectivity index (χ0v) is 22.7. The lowest BCUT2D eigenvalue weighted by molar-refractivity contribution is -0.114. The van der Waals surface area contributed by atoms with Crippen LogP contribution in [-0.4, -0.2) is 37.7 Å². The molecule has 2 heterocycles. The van der Waals surface area contributed by atoms with Crippen molar-refractivity contribution in [2.45, 2.75) is 62.8 Å². The average molecular weight is 508 g/mol. The van der Waals surface area contributed by atoms with Crippen molar-refractivity contribution in [2.24, 2.45) is 11.8 Å². The van der Waals surface area contributed by atoms with E-state index in [9.17, 15) is 4.79 Å². The number of nitrogens with zero attached hydrogens (tertiary/aromatic N) is 1. The Kier molecular flexibility index (Phi) is 6.33. The minimum atomic E-state index is -0.104. The van der Waals surface area contributed by atoms with Gasteiger partial charge in [-0.05, 0) is 103 Å². The number of hydrogen-bond donors (Lipinski definition) is 0. The van der Waals surface area contributed by atoms with Gasteiger partial charge in [0, 0.05) is 31.8 Å². The van der Waals surface area contributed by atoms with Crippen molar-refractivity contribution in [1.29, 1.82) is 0 Å². The molecule has 2 saturated heterocycles. The van der Waals surface area contributed by atoms with Gasteiger partial charge in [-0.1, -0.05) is 36.3 Å². The minimum absolute atomic E-state index is 0.00421. The molecule has 2 unspecified atom stereocenters. The molecule has 4 nitrogen and oxygen atoms in total. The molecule has 3 fully saturated rings. The molecule has 2 aromatic rings. The first-order chi connectivity index (χ1) is 18.3. The molecule has 0 bridgehead atoms. The summed E-state index contributed by atoms with van der Waals surface area (Å²) < 4.78 is 13.2. The number of allylic oxidation sites excluding steroid dienone is 3. The molecule has 0 amide bonds. The zero-order valence-electron chi connectivity index (χ0n) is 22.7. The second-order valence-corrected chi connectivity index (χ2v) is 11.8. The first-order valence-electron chi connectivity index (χ1n) is 13.9. The smallest absolute Gasteiger partial charge is 0.156 e. The van der Waals surface area contributed by atoms with Gasteiger partial charge in [0.15, 0.2) is 5.78 Å². The van der Waals surface area contributed by atoms with Gasteiger partial charge >= 0.3 is 0 Å². The molecule has 0 radical (unpaired) electrons. The fourth-order valence-electron chi connectivity index (χ4n) is 7.42. The van der Waals surface area contributed by atoms with E-state index in [1.165, 1.54) is 34.4 Å². The fourth-order valence-corrected chi connectivity index (χ4v) is 7.42.